The molecule has 0 amide bonds. The summed E-state index contributed by atoms with van der Waals surface area (Å²) in [6, 6.07) is 6.61. The van der Waals surface area contributed by atoms with E-state index in [0.29, 0.717) is 17.7 Å². The van der Waals surface area contributed by atoms with E-state index in [0.717, 1.165) is 36.8 Å². The molecule has 0 radical (unpaired) electrons. The number of hydrogen-bond donors (Lipinski definition) is 1. The van der Waals surface area contributed by atoms with Gasteiger partial charge in [-0.15, -0.1) is 0 Å². The summed E-state index contributed by atoms with van der Waals surface area (Å²) in [5.41, 5.74) is 9.19. The van der Waals surface area contributed by atoms with Gasteiger partial charge in [0.15, 0.2) is 5.78 Å². The Labute approximate surface area is 116 Å². The minimum Gasteiger partial charge on any atom is -0.328 e. The molecule has 2 heteroatoms. The predicted molar refractivity (Wildman–Crippen MR) is 79.5 cm³/mol. The molecule has 2 nitrogen and oxygen atoms in total. The number of nitrogens with two attached hydrogens (primary N) is 1. The van der Waals surface area contributed by atoms with Crippen LogP contribution in [-0.2, 0) is 0 Å². The van der Waals surface area contributed by atoms with E-state index in [-0.39, 0.29) is 5.92 Å². The molecule has 0 bridgehead atoms. The van der Waals surface area contributed by atoms with Gasteiger partial charge in [-0.25, -0.2) is 0 Å². The summed E-state index contributed by atoms with van der Waals surface area (Å²) < 4.78 is 0. The van der Waals surface area contributed by atoms with E-state index in [4.69, 9.17) is 5.73 Å². The lowest BCUT2D eigenvalue weighted by Gasteiger charge is -2.25. The Morgan fingerprint density at radius 2 is 1.84 bits per heavy atom. The number of aryl methyl sites for hydroxylation is 1. The Bertz CT molecular complexity index is 456. The van der Waals surface area contributed by atoms with Crippen LogP contribution in [0.15, 0.2) is 18.2 Å². The van der Waals surface area contributed by atoms with Crippen molar-refractivity contribution in [3.63, 3.8) is 0 Å². The van der Waals surface area contributed by atoms with E-state index < -0.39 is 0 Å². The van der Waals surface area contributed by atoms with Gasteiger partial charge in [0, 0.05) is 17.5 Å². The number of hydrogen-bond acceptors (Lipinski definition) is 2. The first-order valence-electron chi connectivity index (χ1n) is 7.39. The zero-order chi connectivity index (χ0) is 14.0. The second-order valence-electron chi connectivity index (χ2n) is 6.21. The molecule has 2 rings (SSSR count). The fraction of sp³-hybridized carbons (Fsp3) is 0.588. The van der Waals surface area contributed by atoms with E-state index in [1.54, 1.807) is 0 Å². The Morgan fingerprint density at radius 1 is 1.21 bits per heavy atom. The third kappa shape index (κ3) is 3.24. The highest BCUT2D eigenvalue weighted by molar-refractivity contribution is 5.99. The highest BCUT2D eigenvalue weighted by atomic mass is 16.1. The Balaban J connectivity index is 2.20. The minimum atomic E-state index is 0.181. The third-order valence-corrected chi connectivity index (χ3v) is 4.34. The van der Waals surface area contributed by atoms with Gasteiger partial charge in [-0.3, -0.25) is 4.79 Å². The van der Waals surface area contributed by atoms with E-state index in [1.165, 1.54) is 5.56 Å². The van der Waals surface area contributed by atoms with Crippen molar-refractivity contribution in [3.8, 4) is 0 Å². The second-order valence-corrected chi connectivity index (χ2v) is 6.21. The summed E-state index contributed by atoms with van der Waals surface area (Å²) in [5, 5.41) is 0. The molecule has 0 atom stereocenters. The van der Waals surface area contributed by atoms with Crippen LogP contribution >= 0.6 is 0 Å². The van der Waals surface area contributed by atoms with Gasteiger partial charge in [-0.1, -0.05) is 26.0 Å². The second kappa shape index (κ2) is 5.87. The fourth-order valence-corrected chi connectivity index (χ4v) is 2.87. The van der Waals surface area contributed by atoms with Crippen molar-refractivity contribution >= 4 is 5.78 Å². The predicted octanol–water partition coefficient (Wildman–Crippen LogP) is 3.82. The molecule has 1 saturated carbocycles. The molecular formula is C17H25NO. The monoisotopic (exact) mass is 259 g/mol. The van der Waals surface area contributed by atoms with Crippen molar-refractivity contribution in [1.82, 2.24) is 0 Å². The first-order valence-corrected chi connectivity index (χ1v) is 7.39. The largest absolute Gasteiger partial charge is 0.328 e. The summed E-state index contributed by atoms with van der Waals surface area (Å²) in [6.07, 6.45) is 3.87. The average Bonchev–Trinajstić information content (AvgIpc) is 2.39. The van der Waals surface area contributed by atoms with E-state index in [2.05, 4.69) is 32.0 Å². The first-order chi connectivity index (χ1) is 8.99. The number of benzene rings is 1. The normalized spacial score (nSPS) is 23.6. The lowest BCUT2D eigenvalue weighted by molar-refractivity contribution is 0.0884. The topological polar surface area (TPSA) is 43.1 Å². The van der Waals surface area contributed by atoms with Crippen LogP contribution in [0, 0.1) is 12.8 Å². The van der Waals surface area contributed by atoms with E-state index >= 15 is 0 Å². The SMILES string of the molecule is Cc1ccc(C(C)C)cc1C(=O)C1CCC(N)CC1. The number of carbonyl (C=O) groups excluding carboxylic acids is 1. The molecule has 0 heterocycles. The maximum absolute atomic E-state index is 12.7. The molecule has 0 saturated heterocycles. The van der Waals surface area contributed by atoms with Gasteiger partial charge in [0.1, 0.15) is 0 Å². The van der Waals surface area contributed by atoms with Crippen LogP contribution in [0.5, 0.6) is 0 Å². The van der Waals surface area contributed by atoms with Gasteiger partial charge < -0.3 is 5.73 Å². The number of carbonyl (C=O) groups is 1. The molecule has 1 fully saturated rings. The van der Waals surface area contributed by atoms with Gasteiger partial charge in [-0.05, 0) is 55.7 Å². The summed E-state index contributed by atoms with van der Waals surface area (Å²) >= 11 is 0. The maximum Gasteiger partial charge on any atom is 0.166 e. The molecule has 2 N–H and O–H groups in total. The lowest BCUT2D eigenvalue weighted by Crippen LogP contribution is -2.30. The zero-order valence-electron chi connectivity index (χ0n) is 12.3. The van der Waals surface area contributed by atoms with Crippen molar-refractivity contribution in [3.05, 3.63) is 34.9 Å². The van der Waals surface area contributed by atoms with Crippen molar-refractivity contribution < 1.29 is 4.79 Å². The molecule has 0 unspecified atom stereocenters. The van der Waals surface area contributed by atoms with Crippen molar-refractivity contribution in [2.75, 3.05) is 0 Å². The number of ketones is 1. The van der Waals surface area contributed by atoms with Crippen LogP contribution in [0.1, 0.15) is 66.9 Å². The molecule has 104 valence electrons. The molecule has 0 aliphatic heterocycles. The van der Waals surface area contributed by atoms with Gasteiger partial charge in [0.2, 0.25) is 0 Å². The van der Waals surface area contributed by atoms with E-state index in [9.17, 15) is 4.79 Å². The minimum absolute atomic E-state index is 0.181. The van der Waals surface area contributed by atoms with Crippen LogP contribution in [0.2, 0.25) is 0 Å². The Morgan fingerprint density at radius 3 is 2.42 bits per heavy atom. The molecule has 0 spiro atoms. The Hall–Kier alpha value is -1.15. The molecule has 1 aliphatic carbocycles. The summed E-state index contributed by atoms with van der Waals surface area (Å²) in [7, 11) is 0. The average molecular weight is 259 g/mol. The summed E-state index contributed by atoms with van der Waals surface area (Å²) in [6.45, 7) is 6.36. The van der Waals surface area contributed by atoms with Crippen LogP contribution in [0.3, 0.4) is 0 Å². The van der Waals surface area contributed by atoms with Crippen molar-refractivity contribution in [1.29, 1.82) is 0 Å². The van der Waals surface area contributed by atoms with Gasteiger partial charge in [0.05, 0.1) is 0 Å². The van der Waals surface area contributed by atoms with Gasteiger partial charge in [-0.2, -0.15) is 0 Å². The lowest BCUT2D eigenvalue weighted by atomic mass is 9.80. The van der Waals surface area contributed by atoms with Crippen molar-refractivity contribution in [2.24, 2.45) is 11.7 Å². The highest BCUT2D eigenvalue weighted by Crippen LogP contribution is 2.28. The van der Waals surface area contributed by atoms with Gasteiger partial charge in [0.25, 0.3) is 0 Å². The third-order valence-electron chi connectivity index (χ3n) is 4.34. The number of Topliss-reactive ketones (excluding diaryl/α,β-unsaturated/α-hetero) is 1. The molecule has 1 aromatic carbocycles. The summed E-state index contributed by atoms with van der Waals surface area (Å²) in [4.78, 5) is 12.7. The Kier molecular flexibility index (Phi) is 4.41. The van der Waals surface area contributed by atoms with Crippen LogP contribution in [0.4, 0.5) is 0 Å². The van der Waals surface area contributed by atoms with Crippen molar-refractivity contribution in [2.45, 2.75) is 58.4 Å². The van der Waals surface area contributed by atoms with Crippen LogP contribution in [0.25, 0.3) is 0 Å². The molecule has 0 aromatic heterocycles. The number of rotatable bonds is 3. The van der Waals surface area contributed by atoms with E-state index in [1.807, 2.05) is 6.92 Å². The quantitative estimate of drug-likeness (QED) is 0.839. The molecular weight excluding hydrogens is 234 g/mol. The smallest absolute Gasteiger partial charge is 0.166 e. The standard InChI is InChI=1S/C17H25NO/c1-11(2)14-5-4-12(3)16(10-14)17(19)13-6-8-15(18)9-7-13/h4-5,10-11,13,15H,6-9,18H2,1-3H3. The fourth-order valence-electron chi connectivity index (χ4n) is 2.87. The zero-order valence-corrected chi connectivity index (χ0v) is 12.3. The highest BCUT2D eigenvalue weighted by Gasteiger charge is 2.26. The van der Waals surface area contributed by atoms with Gasteiger partial charge >= 0.3 is 0 Å². The maximum atomic E-state index is 12.7. The molecule has 1 aliphatic rings. The first kappa shape index (κ1) is 14.3. The molecule has 1 aromatic rings. The van der Waals surface area contributed by atoms with Crippen LogP contribution < -0.4 is 5.73 Å². The van der Waals surface area contributed by atoms with Crippen LogP contribution in [-0.4, -0.2) is 11.8 Å². The summed E-state index contributed by atoms with van der Waals surface area (Å²) in [5.74, 6) is 0.972. The molecule has 19 heavy (non-hydrogen) atoms.